The Hall–Kier alpha value is -0.600. The number of carbonyl (C=O) groups is 1. The Balaban J connectivity index is 2.53. The van der Waals surface area contributed by atoms with E-state index in [0.717, 1.165) is 12.8 Å². The Morgan fingerprint density at radius 2 is 2.25 bits per heavy atom. The van der Waals surface area contributed by atoms with Gasteiger partial charge in [0.15, 0.2) is 0 Å². The van der Waals surface area contributed by atoms with E-state index in [1.54, 1.807) is 0 Å². The Morgan fingerprint density at radius 1 is 1.58 bits per heavy atom. The Bertz CT molecular complexity index is 172. The summed E-state index contributed by atoms with van der Waals surface area (Å²) in [5.41, 5.74) is 5.10. The topological polar surface area (TPSA) is 43.1 Å². The van der Waals surface area contributed by atoms with E-state index in [9.17, 15) is 9.18 Å². The van der Waals surface area contributed by atoms with Crippen molar-refractivity contribution in [3.05, 3.63) is 0 Å². The lowest BCUT2D eigenvalue weighted by Crippen LogP contribution is -2.36. The maximum atomic E-state index is 13.1. The molecule has 1 amide bonds. The summed E-state index contributed by atoms with van der Waals surface area (Å²) in [6.45, 7) is 2.07. The summed E-state index contributed by atoms with van der Waals surface area (Å²) < 4.78 is 13.1. The molecule has 0 radical (unpaired) electrons. The third-order valence-electron chi connectivity index (χ3n) is 2.82. The van der Waals surface area contributed by atoms with E-state index >= 15 is 0 Å². The van der Waals surface area contributed by atoms with Crippen molar-refractivity contribution in [2.45, 2.75) is 38.8 Å². The molecular formula is C9H16FNO. The van der Waals surface area contributed by atoms with E-state index in [1.165, 1.54) is 0 Å². The van der Waals surface area contributed by atoms with Crippen LogP contribution in [-0.4, -0.2) is 12.1 Å². The van der Waals surface area contributed by atoms with Crippen LogP contribution in [0.25, 0.3) is 0 Å². The SMILES string of the molecule is CCC1CCC(F)C(C(N)=O)C1. The largest absolute Gasteiger partial charge is 0.369 e. The molecule has 3 atom stereocenters. The number of carbonyl (C=O) groups excluding carboxylic acids is 1. The van der Waals surface area contributed by atoms with E-state index in [2.05, 4.69) is 6.92 Å². The second kappa shape index (κ2) is 3.87. The van der Waals surface area contributed by atoms with Crippen molar-refractivity contribution in [1.82, 2.24) is 0 Å². The number of hydrogen-bond acceptors (Lipinski definition) is 1. The molecule has 0 saturated heterocycles. The number of amides is 1. The molecule has 0 aromatic carbocycles. The highest BCUT2D eigenvalue weighted by molar-refractivity contribution is 5.77. The minimum Gasteiger partial charge on any atom is -0.369 e. The predicted octanol–water partition coefficient (Wildman–Crippen LogP) is 1.64. The molecule has 0 spiro atoms. The van der Waals surface area contributed by atoms with E-state index in [1.807, 2.05) is 0 Å². The van der Waals surface area contributed by atoms with Crippen molar-refractivity contribution in [2.75, 3.05) is 0 Å². The van der Waals surface area contributed by atoms with E-state index in [0.29, 0.717) is 18.8 Å². The highest BCUT2D eigenvalue weighted by atomic mass is 19.1. The smallest absolute Gasteiger partial charge is 0.223 e. The van der Waals surface area contributed by atoms with Crippen molar-refractivity contribution in [3.63, 3.8) is 0 Å². The number of alkyl halides is 1. The van der Waals surface area contributed by atoms with Gasteiger partial charge in [0.2, 0.25) is 5.91 Å². The lowest BCUT2D eigenvalue weighted by atomic mass is 9.79. The average Bonchev–Trinajstić information content (AvgIpc) is 2.05. The molecule has 0 heterocycles. The highest BCUT2D eigenvalue weighted by Crippen LogP contribution is 2.32. The lowest BCUT2D eigenvalue weighted by Gasteiger charge is -2.29. The van der Waals surface area contributed by atoms with Gasteiger partial charge in [-0.1, -0.05) is 13.3 Å². The summed E-state index contributed by atoms with van der Waals surface area (Å²) in [6, 6.07) is 0. The molecule has 1 fully saturated rings. The van der Waals surface area contributed by atoms with Gasteiger partial charge in [0, 0.05) is 0 Å². The van der Waals surface area contributed by atoms with Crippen LogP contribution in [0.2, 0.25) is 0 Å². The Kier molecular flexibility index (Phi) is 3.06. The first-order chi connectivity index (χ1) is 5.65. The predicted molar refractivity (Wildman–Crippen MR) is 45.2 cm³/mol. The normalized spacial score (nSPS) is 36.3. The van der Waals surface area contributed by atoms with E-state index < -0.39 is 18.0 Å². The third-order valence-corrected chi connectivity index (χ3v) is 2.82. The molecule has 1 aliphatic rings. The van der Waals surface area contributed by atoms with Gasteiger partial charge in [0.25, 0.3) is 0 Å². The minimum absolute atomic E-state index is 0.472. The van der Waals surface area contributed by atoms with Crippen molar-refractivity contribution < 1.29 is 9.18 Å². The highest BCUT2D eigenvalue weighted by Gasteiger charge is 2.33. The number of nitrogens with two attached hydrogens (primary N) is 1. The maximum absolute atomic E-state index is 13.1. The van der Waals surface area contributed by atoms with Gasteiger partial charge in [-0.25, -0.2) is 4.39 Å². The fourth-order valence-corrected chi connectivity index (χ4v) is 1.89. The fourth-order valence-electron chi connectivity index (χ4n) is 1.89. The molecule has 70 valence electrons. The first kappa shape index (κ1) is 9.49. The Labute approximate surface area is 72.3 Å². The van der Waals surface area contributed by atoms with Crippen LogP contribution < -0.4 is 5.73 Å². The zero-order valence-corrected chi connectivity index (χ0v) is 7.42. The van der Waals surface area contributed by atoms with Crippen LogP contribution in [0.15, 0.2) is 0 Å². The molecule has 2 nitrogen and oxygen atoms in total. The van der Waals surface area contributed by atoms with Gasteiger partial charge < -0.3 is 5.73 Å². The van der Waals surface area contributed by atoms with E-state index in [-0.39, 0.29) is 0 Å². The van der Waals surface area contributed by atoms with Crippen LogP contribution in [0, 0.1) is 11.8 Å². The van der Waals surface area contributed by atoms with Crippen molar-refractivity contribution in [3.8, 4) is 0 Å². The molecule has 1 saturated carbocycles. The Morgan fingerprint density at radius 3 is 2.75 bits per heavy atom. The molecule has 3 unspecified atom stereocenters. The van der Waals surface area contributed by atoms with Gasteiger partial charge >= 0.3 is 0 Å². The number of primary amides is 1. The van der Waals surface area contributed by atoms with E-state index in [4.69, 9.17) is 5.73 Å². The van der Waals surface area contributed by atoms with Crippen LogP contribution in [0.5, 0.6) is 0 Å². The first-order valence-corrected chi connectivity index (χ1v) is 4.58. The van der Waals surface area contributed by atoms with Crippen molar-refractivity contribution >= 4 is 5.91 Å². The molecule has 0 bridgehead atoms. The molecule has 0 aromatic heterocycles. The third kappa shape index (κ3) is 1.96. The molecule has 0 aromatic rings. The summed E-state index contributed by atoms with van der Waals surface area (Å²) in [6.07, 6.45) is 2.09. The molecule has 0 aliphatic heterocycles. The molecule has 1 rings (SSSR count). The van der Waals surface area contributed by atoms with Gasteiger partial charge in [-0.2, -0.15) is 0 Å². The monoisotopic (exact) mass is 173 g/mol. The van der Waals surface area contributed by atoms with Crippen LogP contribution in [0.3, 0.4) is 0 Å². The quantitative estimate of drug-likeness (QED) is 0.677. The van der Waals surface area contributed by atoms with Crippen LogP contribution >= 0.6 is 0 Å². The minimum atomic E-state index is -0.995. The second-order valence-electron chi connectivity index (χ2n) is 3.61. The van der Waals surface area contributed by atoms with Crippen LogP contribution in [0.4, 0.5) is 4.39 Å². The number of halogens is 1. The van der Waals surface area contributed by atoms with Crippen molar-refractivity contribution in [2.24, 2.45) is 17.6 Å². The van der Waals surface area contributed by atoms with Gasteiger partial charge in [-0.05, 0) is 25.2 Å². The van der Waals surface area contributed by atoms with Crippen LogP contribution in [0.1, 0.15) is 32.6 Å². The summed E-state index contributed by atoms with van der Waals surface area (Å²) in [7, 11) is 0. The molecule has 2 N–H and O–H groups in total. The zero-order chi connectivity index (χ0) is 9.14. The summed E-state index contributed by atoms with van der Waals surface area (Å²) in [5.74, 6) is -0.501. The summed E-state index contributed by atoms with van der Waals surface area (Å²) in [5, 5.41) is 0. The van der Waals surface area contributed by atoms with Crippen LogP contribution in [-0.2, 0) is 4.79 Å². The van der Waals surface area contributed by atoms with Gasteiger partial charge in [0.1, 0.15) is 6.17 Å². The second-order valence-corrected chi connectivity index (χ2v) is 3.61. The molecule has 12 heavy (non-hydrogen) atoms. The number of hydrogen-bond donors (Lipinski definition) is 1. The zero-order valence-electron chi connectivity index (χ0n) is 7.42. The molecule has 1 aliphatic carbocycles. The van der Waals surface area contributed by atoms with Gasteiger partial charge in [-0.15, -0.1) is 0 Å². The van der Waals surface area contributed by atoms with Gasteiger partial charge in [-0.3, -0.25) is 4.79 Å². The maximum Gasteiger partial charge on any atom is 0.223 e. The average molecular weight is 173 g/mol. The standard InChI is InChI=1S/C9H16FNO/c1-2-6-3-4-8(10)7(5-6)9(11)12/h6-8H,2-5H2,1H3,(H2,11,12). The fraction of sp³-hybridized carbons (Fsp3) is 0.889. The number of rotatable bonds is 2. The molecule has 3 heteroatoms. The lowest BCUT2D eigenvalue weighted by molar-refractivity contribution is -0.125. The summed E-state index contributed by atoms with van der Waals surface area (Å²) in [4.78, 5) is 10.8. The van der Waals surface area contributed by atoms with Gasteiger partial charge in [0.05, 0.1) is 5.92 Å². The molecular weight excluding hydrogens is 157 g/mol. The first-order valence-electron chi connectivity index (χ1n) is 4.58. The van der Waals surface area contributed by atoms with Crippen molar-refractivity contribution in [1.29, 1.82) is 0 Å². The summed E-state index contributed by atoms with van der Waals surface area (Å²) >= 11 is 0.